The normalized spacial score (nSPS) is 7.54. The van der Waals surface area contributed by atoms with Crippen molar-refractivity contribution in [3.63, 3.8) is 0 Å². The Kier molecular flexibility index (Phi) is 23.5. The molecule has 72 valence electrons. The topological polar surface area (TPSA) is 80.3 Å². The largest absolute Gasteiger partial charge is 2.00 e. The van der Waals surface area contributed by atoms with Crippen molar-refractivity contribution in [3.05, 3.63) is 0 Å². The SMILES string of the molecule is O=C([O-])CCCl.O=C([O-])CCCl.[Ba+2]. The third-order valence-electron chi connectivity index (χ3n) is 0.597. The van der Waals surface area contributed by atoms with Gasteiger partial charge in [0.15, 0.2) is 0 Å². The van der Waals surface area contributed by atoms with Gasteiger partial charge >= 0.3 is 48.9 Å². The molecule has 0 aliphatic carbocycles. The van der Waals surface area contributed by atoms with Crippen molar-refractivity contribution in [2.24, 2.45) is 0 Å². The number of carbonyl (C=O) groups is 2. The van der Waals surface area contributed by atoms with Crippen LogP contribution in [0.2, 0.25) is 0 Å². The molecule has 0 spiro atoms. The quantitative estimate of drug-likeness (QED) is 0.449. The number of carboxylic acid groups (broad SMARTS) is 2. The van der Waals surface area contributed by atoms with Crippen molar-refractivity contribution < 1.29 is 19.8 Å². The monoisotopic (exact) mass is 352 g/mol. The second-order valence-corrected chi connectivity index (χ2v) is 2.38. The number of aliphatic carboxylic acids is 2. The molecule has 0 aromatic heterocycles. The Balaban J connectivity index is -0.000000143. The molecule has 0 amide bonds. The Labute approximate surface area is 127 Å². The summed E-state index contributed by atoms with van der Waals surface area (Å²) in [6.45, 7) is 0. The van der Waals surface area contributed by atoms with Gasteiger partial charge in [0.05, 0.1) is 0 Å². The van der Waals surface area contributed by atoms with Crippen LogP contribution < -0.4 is 10.2 Å². The van der Waals surface area contributed by atoms with Gasteiger partial charge in [0.2, 0.25) is 0 Å². The van der Waals surface area contributed by atoms with Crippen molar-refractivity contribution in [2.45, 2.75) is 12.8 Å². The van der Waals surface area contributed by atoms with Gasteiger partial charge in [-0.1, -0.05) is 0 Å². The molecule has 0 aromatic carbocycles. The first-order chi connectivity index (χ1) is 5.54. The van der Waals surface area contributed by atoms with E-state index < -0.39 is 11.9 Å². The molecule has 0 aliphatic heterocycles. The third kappa shape index (κ3) is 32.0. The molecule has 0 N–H and O–H groups in total. The summed E-state index contributed by atoms with van der Waals surface area (Å²) in [6, 6.07) is 0. The van der Waals surface area contributed by atoms with Crippen molar-refractivity contribution >= 4 is 84.0 Å². The molecule has 4 nitrogen and oxygen atoms in total. The van der Waals surface area contributed by atoms with E-state index in [1.807, 2.05) is 0 Å². The summed E-state index contributed by atoms with van der Waals surface area (Å²) in [5.41, 5.74) is 0. The number of alkyl halides is 2. The van der Waals surface area contributed by atoms with Crippen LogP contribution in [0.25, 0.3) is 0 Å². The van der Waals surface area contributed by atoms with E-state index in [0.29, 0.717) is 0 Å². The van der Waals surface area contributed by atoms with Crippen LogP contribution in [0.3, 0.4) is 0 Å². The molecular weight excluding hydrogens is 344 g/mol. The Hall–Kier alpha value is 1.09. The maximum atomic E-state index is 9.40. The third-order valence-corrected chi connectivity index (χ3v) is 0.975. The predicted octanol–water partition coefficient (Wildman–Crippen LogP) is -1.65. The van der Waals surface area contributed by atoms with E-state index in [1.54, 1.807) is 0 Å². The first kappa shape index (κ1) is 19.6. The van der Waals surface area contributed by atoms with E-state index in [4.69, 9.17) is 23.2 Å². The molecule has 0 aromatic rings. The van der Waals surface area contributed by atoms with E-state index in [2.05, 4.69) is 0 Å². The first-order valence-electron chi connectivity index (χ1n) is 3.06. The van der Waals surface area contributed by atoms with Crippen LogP contribution in [-0.4, -0.2) is 72.6 Å². The maximum Gasteiger partial charge on any atom is 2.00 e. The second kappa shape index (κ2) is 15.6. The number of carbonyl (C=O) groups excluding carboxylic acids is 2. The van der Waals surface area contributed by atoms with Crippen LogP contribution in [0.15, 0.2) is 0 Å². The fourth-order valence-corrected chi connectivity index (χ4v) is 0.463. The summed E-state index contributed by atoms with van der Waals surface area (Å²) in [5.74, 6) is -1.90. The Morgan fingerprint density at radius 2 is 1.15 bits per heavy atom. The molecular formula is C6H8BaCl2O4. The molecule has 0 fully saturated rings. The van der Waals surface area contributed by atoms with Gasteiger partial charge in [-0.05, 0) is 0 Å². The summed E-state index contributed by atoms with van der Waals surface area (Å²) in [7, 11) is 0. The van der Waals surface area contributed by atoms with Crippen molar-refractivity contribution in [1.82, 2.24) is 0 Å². The molecule has 13 heavy (non-hydrogen) atoms. The Morgan fingerprint density at radius 1 is 0.923 bits per heavy atom. The van der Waals surface area contributed by atoms with Crippen LogP contribution in [0.4, 0.5) is 0 Å². The van der Waals surface area contributed by atoms with Crippen molar-refractivity contribution in [3.8, 4) is 0 Å². The standard InChI is InChI=1S/2C3H5ClO2.Ba/c2*4-2-1-3(5)6;/h2*1-2H2,(H,5,6);/q;;+2/p-2. The molecule has 0 unspecified atom stereocenters. The van der Waals surface area contributed by atoms with E-state index >= 15 is 0 Å². The molecule has 0 bridgehead atoms. The second-order valence-electron chi connectivity index (χ2n) is 1.62. The van der Waals surface area contributed by atoms with Crippen LogP contribution >= 0.6 is 23.2 Å². The van der Waals surface area contributed by atoms with E-state index in [-0.39, 0.29) is 73.5 Å². The molecule has 0 radical (unpaired) electrons. The van der Waals surface area contributed by atoms with Gasteiger partial charge in [0.1, 0.15) is 0 Å². The fourth-order valence-electron chi connectivity index (χ4n) is 0.154. The van der Waals surface area contributed by atoms with Crippen LogP contribution in [-0.2, 0) is 9.59 Å². The smallest absolute Gasteiger partial charge is 0.550 e. The number of halogens is 2. The first-order valence-corrected chi connectivity index (χ1v) is 4.13. The number of carboxylic acids is 2. The Morgan fingerprint density at radius 3 is 1.15 bits per heavy atom. The van der Waals surface area contributed by atoms with Crippen LogP contribution in [0, 0.1) is 0 Å². The molecule has 0 aliphatic rings. The van der Waals surface area contributed by atoms with Gasteiger partial charge in [-0.25, -0.2) is 0 Å². The summed E-state index contributed by atoms with van der Waals surface area (Å²) >= 11 is 9.95. The maximum absolute atomic E-state index is 9.40. The predicted molar refractivity (Wildman–Crippen MR) is 46.4 cm³/mol. The summed E-state index contributed by atoms with van der Waals surface area (Å²) in [6.07, 6.45) is -0.108. The molecule has 7 heteroatoms. The zero-order valence-electron chi connectivity index (χ0n) is 6.92. The minimum absolute atomic E-state index is 0. The van der Waals surface area contributed by atoms with Crippen molar-refractivity contribution in [1.29, 1.82) is 0 Å². The summed E-state index contributed by atoms with van der Waals surface area (Å²) in [4.78, 5) is 18.8. The van der Waals surface area contributed by atoms with E-state index in [1.165, 1.54) is 0 Å². The average Bonchev–Trinajstić information content (AvgIpc) is 1.87. The van der Waals surface area contributed by atoms with Gasteiger partial charge in [0.25, 0.3) is 0 Å². The number of rotatable bonds is 4. The van der Waals surface area contributed by atoms with Crippen LogP contribution in [0.1, 0.15) is 12.8 Å². The van der Waals surface area contributed by atoms with Gasteiger partial charge < -0.3 is 19.8 Å². The zero-order chi connectivity index (χ0) is 9.98. The number of hydrogen-bond donors (Lipinski definition) is 0. The molecule has 0 saturated carbocycles. The summed E-state index contributed by atoms with van der Waals surface area (Å²) in [5, 5.41) is 18.8. The van der Waals surface area contributed by atoms with Crippen molar-refractivity contribution in [2.75, 3.05) is 11.8 Å². The zero-order valence-corrected chi connectivity index (χ0v) is 12.9. The average molecular weight is 352 g/mol. The number of hydrogen-bond acceptors (Lipinski definition) is 4. The van der Waals surface area contributed by atoms with Gasteiger partial charge in [0, 0.05) is 36.5 Å². The molecule has 0 rings (SSSR count). The molecule has 0 heterocycles. The minimum atomic E-state index is -1.09. The van der Waals surface area contributed by atoms with Gasteiger partial charge in [-0.2, -0.15) is 0 Å². The molecule has 0 saturated heterocycles. The van der Waals surface area contributed by atoms with Gasteiger partial charge in [-0.3, -0.25) is 0 Å². The summed E-state index contributed by atoms with van der Waals surface area (Å²) < 4.78 is 0. The van der Waals surface area contributed by atoms with Gasteiger partial charge in [-0.15, -0.1) is 23.2 Å². The van der Waals surface area contributed by atoms with Crippen LogP contribution in [0.5, 0.6) is 0 Å². The van der Waals surface area contributed by atoms with E-state index in [0.717, 1.165) is 0 Å². The molecule has 0 atom stereocenters. The van der Waals surface area contributed by atoms with E-state index in [9.17, 15) is 19.8 Å². The Bertz CT molecular complexity index is 127. The fraction of sp³-hybridized carbons (Fsp3) is 0.667. The minimum Gasteiger partial charge on any atom is -0.550 e.